The van der Waals surface area contributed by atoms with Crippen molar-refractivity contribution in [3.63, 3.8) is 0 Å². The second-order valence-corrected chi connectivity index (χ2v) is 6.38. The fraction of sp³-hybridized carbons (Fsp3) is 0.667. The Labute approximate surface area is 133 Å². The van der Waals surface area contributed by atoms with E-state index in [-0.39, 0.29) is 0 Å². The Morgan fingerprint density at radius 2 is 1.82 bits per heavy atom. The van der Waals surface area contributed by atoms with Crippen LogP contribution in [0.25, 0.3) is 0 Å². The number of hydrogen-bond donors (Lipinski definition) is 1. The van der Waals surface area contributed by atoms with Crippen LogP contribution in [0.4, 0.5) is 0 Å². The summed E-state index contributed by atoms with van der Waals surface area (Å²) in [4.78, 5) is 2.65. The Morgan fingerprint density at radius 3 is 2.45 bits per heavy atom. The summed E-state index contributed by atoms with van der Waals surface area (Å²) in [5.41, 5.74) is 1.33. The fourth-order valence-corrected chi connectivity index (χ4v) is 4.04. The summed E-state index contributed by atoms with van der Waals surface area (Å²) >= 11 is 0. The van der Waals surface area contributed by atoms with Gasteiger partial charge >= 0.3 is 0 Å². The molecule has 1 aromatic rings. The first-order chi connectivity index (χ1) is 10.8. The third kappa shape index (κ3) is 3.23. The van der Waals surface area contributed by atoms with E-state index in [1.165, 1.54) is 31.2 Å². The summed E-state index contributed by atoms with van der Waals surface area (Å²) < 4.78 is 11.1. The summed E-state index contributed by atoms with van der Waals surface area (Å²) in [5.74, 6) is 2.58. The van der Waals surface area contributed by atoms with E-state index in [4.69, 9.17) is 9.47 Å². The van der Waals surface area contributed by atoms with Crippen molar-refractivity contribution in [3.8, 4) is 11.5 Å². The molecule has 1 aliphatic heterocycles. The maximum atomic E-state index is 5.70. The van der Waals surface area contributed by atoms with Crippen LogP contribution in [-0.2, 0) is 0 Å². The van der Waals surface area contributed by atoms with Gasteiger partial charge in [0, 0.05) is 43.9 Å². The van der Waals surface area contributed by atoms with E-state index in [1.54, 1.807) is 14.2 Å². The molecule has 2 fully saturated rings. The predicted octanol–water partition coefficient (Wildman–Crippen LogP) is 2.84. The van der Waals surface area contributed by atoms with Gasteiger partial charge in [-0.05, 0) is 24.8 Å². The monoisotopic (exact) mass is 304 g/mol. The van der Waals surface area contributed by atoms with Gasteiger partial charge < -0.3 is 14.8 Å². The van der Waals surface area contributed by atoms with Crippen molar-refractivity contribution >= 4 is 0 Å². The Balaban J connectivity index is 1.93. The molecule has 0 unspecified atom stereocenters. The zero-order valence-electron chi connectivity index (χ0n) is 13.8. The molecule has 0 radical (unpaired) electrons. The van der Waals surface area contributed by atoms with Gasteiger partial charge in [-0.3, -0.25) is 4.90 Å². The van der Waals surface area contributed by atoms with Gasteiger partial charge in [0.05, 0.1) is 14.2 Å². The lowest BCUT2D eigenvalue weighted by atomic mass is 9.89. The lowest BCUT2D eigenvalue weighted by molar-refractivity contribution is 0.123. The molecule has 1 N–H and O–H groups in total. The molecule has 122 valence electrons. The molecule has 1 aromatic carbocycles. The molecule has 1 heterocycles. The summed E-state index contributed by atoms with van der Waals surface area (Å²) in [6.07, 6.45) is 5.41. The van der Waals surface area contributed by atoms with E-state index in [0.717, 1.165) is 43.6 Å². The van der Waals surface area contributed by atoms with E-state index in [9.17, 15) is 0 Å². The summed E-state index contributed by atoms with van der Waals surface area (Å²) in [5, 5.41) is 3.47. The van der Waals surface area contributed by atoms with Crippen molar-refractivity contribution in [1.82, 2.24) is 10.2 Å². The van der Waals surface area contributed by atoms with Crippen LogP contribution in [0, 0.1) is 5.92 Å². The zero-order chi connectivity index (χ0) is 15.4. The lowest BCUT2D eigenvalue weighted by Crippen LogP contribution is -2.46. The van der Waals surface area contributed by atoms with Gasteiger partial charge in [-0.2, -0.15) is 0 Å². The summed E-state index contributed by atoms with van der Waals surface area (Å²) in [7, 11) is 3.47. The second kappa shape index (κ2) is 7.34. The summed E-state index contributed by atoms with van der Waals surface area (Å²) in [6, 6.07) is 6.79. The van der Waals surface area contributed by atoms with Crippen LogP contribution >= 0.6 is 0 Å². The van der Waals surface area contributed by atoms with Crippen LogP contribution in [0.5, 0.6) is 11.5 Å². The van der Waals surface area contributed by atoms with Gasteiger partial charge in [0.1, 0.15) is 11.5 Å². The Kier molecular flexibility index (Phi) is 5.21. The van der Waals surface area contributed by atoms with Crippen molar-refractivity contribution in [2.24, 2.45) is 5.92 Å². The van der Waals surface area contributed by atoms with Gasteiger partial charge in [0.2, 0.25) is 0 Å². The van der Waals surface area contributed by atoms with Crippen LogP contribution < -0.4 is 14.8 Å². The van der Waals surface area contributed by atoms with E-state index in [2.05, 4.69) is 22.3 Å². The third-order valence-electron chi connectivity index (χ3n) is 5.15. The second-order valence-electron chi connectivity index (χ2n) is 6.38. The largest absolute Gasteiger partial charge is 0.497 e. The molecule has 1 saturated heterocycles. The molecule has 4 nitrogen and oxygen atoms in total. The fourth-order valence-electron chi connectivity index (χ4n) is 4.04. The lowest BCUT2D eigenvalue weighted by Gasteiger charge is -2.39. The number of piperazine rings is 1. The van der Waals surface area contributed by atoms with Gasteiger partial charge in [-0.25, -0.2) is 0 Å². The maximum absolute atomic E-state index is 5.70. The molecule has 0 bridgehead atoms. The number of hydrogen-bond acceptors (Lipinski definition) is 4. The Hall–Kier alpha value is -1.26. The first-order valence-electron chi connectivity index (χ1n) is 8.50. The number of methoxy groups -OCH3 is 2. The molecule has 1 atom stereocenters. The number of nitrogens with one attached hydrogen (secondary N) is 1. The van der Waals surface area contributed by atoms with Crippen molar-refractivity contribution in [3.05, 3.63) is 23.8 Å². The maximum Gasteiger partial charge on any atom is 0.127 e. The standard InChI is InChI=1S/C18H28N2O2/c1-21-15-7-8-16(17(13-15)22-2)18(14-5-3-4-6-14)20-11-9-19-10-12-20/h7-8,13-14,18-19H,3-6,9-12H2,1-2H3/t18-/m0/s1. The molecule has 1 aliphatic carbocycles. The molecular weight excluding hydrogens is 276 g/mol. The van der Waals surface area contributed by atoms with Crippen molar-refractivity contribution in [2.75, 3.05) is 40.4 Å². The molecule has 3 rings (SSSR count). The normalized spacial score (nSPS) is 21.7. The van der Waals surface area contributed by atoms with E-state index in [0.29, 0.717) is 6.04 Å². The zero-order valence-corrected chi connectivity index (χ0v) is 13.8. The average molecular weight is 304 g/mol. The molecule has 0 spiro atoms. The number of benzene rings is 1. The molecule has 2 aliphatic rings. The molecule has 22 heavy (non-hydrogen) atoms. The van der Waals surface area contributed by atoms with Crippen LogP contribution in [-0.4, -0.2) is 45.3 Å². The van der Waals surface area contributed by atoms with Crippen molar-refractivity contribution < 1.29 is 9.47 Å². The van der Waals surface area contributed by atoms with Crippen LogP contribution in [0.3, 0.4) is 0 Å². The number of ether oxygens (including phenoxy) is 2. The highest BCUT2D eigenvalue weighted by molar-refractivity contribution is 5.43. The number of nitrogens with zero attached hydrogens (tertiary/aromatic N) is 1. The van der Waals surface area contributed by atoms with Gasteiger partial charge in [-0.1, -0.05) is 18.9 Å². The summed E-state index contributed by atoms with van der Waals surface area (Å²) in [6.45, 7) is 4.41. The average Bonchev–Trinajstić information content (AvgIpc) is 3.10. The first kappa shape index (κ1) is 15.6. The van der Waals surface area contributed by atoms with Crippen LogP contribution in [0.15, 0.2) is 18.2 Å². The number of rotatable bonds is 5. The van der Waals surface area contributed by atoms with E-state index >= 15 is 0 Å². The minimum absolute atomic E-state index is 0.477. The quantitative estimate of drug-likeness (QED) is 0.907. The van der Waals surface area contributed by atoms with Gasteiger partial charge in [0.25, 0.3) is 0 Å². The predicted molar refractivity (Wildman–Crippen MR) is 88.7 cm³/mol. The Bertz CT molecular complexity index is 480. The smallest absolute Gasteiger partial charge is 0.127 e. The highest BCUT2D eigenvalue weighted by Gasteiger charge is 2.33. The Morgan fingerprint density at radius 1 is 1.09 bits per heavy atom. The highest BCUT2D eigenvalue weighted by Crippen LogP contribution is 2.43. The minimum atomic E-state index is 0.477. The van der Waals surface area contributed by atoms with Gasteiger partial charge in [-0.15, -0.1) is 0 Å². The highest BCUT2D eigenvalue weighted by atomic mass is 16.5. The van der Waals surface area contributed by atoms with Crippen LogP contribution in [0.1, 0.15) is 37.3 Å². The first-order valence-corrected chi connectivity index (χ1v) is 8.50. The molecular formula is C18H28N2O2. The van der Waals surface area contributed by atoms with E-state index < -0.39 is 0 Å². The minimum Gasteiger partial charge on any atom is -0.497 e. The molecule has 4 heteroatoms. The molecule has 0 amide bonds. The molecule has 0 aromatic heterocycles. The van der Waals surface area contributed by atoms with E-state index in [1.807, 2.05) is 6.07 Å². The van der Waals surface area contributed by atoms with Gasteiger partial charge in [0.15, 0.2) is 0 Å². The van der Waals surface area contributed by atoms with Crippen molar-refractivity contribution in [2.45, 2.75) is 31.7 Å². The van der Waals surface area contributed by atoms with Crippen molar-refractivity contribution in [1.29, 1.82) is 0 Å². The third-order valence-corrected chi connectivity index (χ3v) is 5.15. The SMILES string of the molecule is COc1ccc([C@H](C2CCCC2)N2CCNCC2)c(OC)c1. The topological polar surface area (TPSA) is 33.7 Å². The molecule has 1 saturated carbocycles. The van der Waals surface area contributed by atoms with Crippen LogP contribution in [0.2, 0.25) is 0 Å².